The standard InChI is InChI=1S/C15H18O4S/c1-11(16)15(10-9-14(17)12-7-8-12)20(18,19)13-5-3-2-4-6-13/h2-6,12,15H,7-10H2,1H3. The minimum atomic E-state index is -3.70. The Bertz CT molecular complexity index is 600. The Morgan fingerprint density at radius 2 is 1.80 bits per heavy atom. The van der Waals surface area contributed by atoms with Crippen LogP contribution in [-0.4, -0.2) is 25.2 Å². The zero-order chi connectivity index (χ0) is 14.8. The van der Waals surface area contributed by atoms with Gasteiger partial charge in [-0.25, -0.2) is 8.42 Å². The van der Waals surface area contributed by atoms with E-state index in [1.807, 2.05) is 0 Å². The van der Waals surface area contributed by atoms with Crippen LogP contribution in [0.1, 0.15) is 32.6 Å². The Morgan fingerprint density at radius 1 is 1.20 bits per heavy atom. The predicted molar refractivity (Wildman–Crippen MR) is 75.1 cm³/mol. The van der Waals surface area contributed by atoms with Gasteiger partial charge >= 0.3 is 0 Å². The zero-order valence-electron chi connectivity index (χ0n) is 11.4. The summed E-state index contributed by atoms with van der Waals surface area (Å²) in [7, 11) is -3.70. The van der Waals surface area contributed by atoms with Crippen molar-refractivity contribution >= 4 is 21.4 Å². The summed E-state index contributed by atoms with van der Waals surface area (Å²) in [5.74, 6) is -0.223. The molecule has 1 aliphatic rings. The van der Waals surface area contributed by atoms with Crippen LogP contribution in [0, 0.1) is 5.92 Å². The van der Waals surface area contributed by atoms with Gasteiger partial charge in [0.1, 0.15) is 16.8 Å². The average molecular weight is 294 g/mol. The molecule has 0 heterocycles. The van der Waals surface area contributed by atoms with E-state index in [1.165, 1.54) is 19.1 Å². The van der Waals surface area contributed by atoms with Crippen molar-refractivity contribution < 1.29 is 18.0 Å². The molecule has 1 unspecified atom stereocenters. The summed E-state index contributed by atoms with van der Waals surface area (Å²) in [5, 5.41) is -1.12. The average Bonchev–Trinajstić information content (AvgIpc) is 3.23. The Balaban J connectivity index is 2.15. The lowest BCUT2D eigenvalue weighted by Gasteiger charge is -2.14. The number of ketones is 2. The second-order valence-corrected chi connectivity index (χ2v) is 7.37. The van der Waals surface area contributed by atoms with Gasteiger partial charge in [0, 0.05) is 12.3 Å². The van der Waals surface area contributed by atoms with Crippen LogP contribution in [0.5, 0.6) is 0 Å². The number of carbonyl (C=O) groups is 2. The lowest BCUT2D eigenvalue weighted by molar-refractivity contribution is -0.120. The SMILES string of the molecule is CC(=O)C(CCC(=O)C1CC1)S(=O)(=O)c1ccccc1. The summed E-state index contributed by atoms with van der Waals surface area (Å²) in [6, 6.07) is 7.93. The second-order valence-electron chi connectivity index (χ2n) is 5.24. The van der Waals surface area contributed by atoms with E-state index in [0.29, 0.717) is 0 Å². The van der Waals surface area contributed by atoms with Crippen LogP contribution in [-0.2, 0) is 19.4 Å². The Kier molecular flexibility index (Phi) is 4.38. The van der Waals surface area contributed by atoms with Crippen LogP contribution >= 0.6 is 0 Å². The molecule has 108 valence electrons. The number of hydrogen-bond donors (Lipinski definition) is 0. The first kappa shape index (κ1) is 14.9. The molecule has 1 atom stereocenters. The van der Waals surface area contributed by atoms with Gasteiger partial charge in [0.25, 0.3) is 0 Å². The molecule has 0 spiro atoms. The van der Waals surface area contributed by atoms with Gasteiger partial charge in [-0.15, -0.1) is 0 Å². The van der Waals surface area contributed by atoms with Crippen LogP contribution in [0.15, 0.2) is 35.2 Å². The lowest BCUT2D eigenvalue weighted by Crippen LogP contribution is -2.29. The lowest BCUT2D eigenvalue weighted by atomic mass is 10.1. The molecule has 0 bridgehead atoms. The molecule has 20 heavy (non-hydrogen) atoms. The summed E-state index contributed by atoms with van der Waals surface area (Å²) in [5.41, 5.74) is 0. The smallest absolute Gasteiger partial charge is 0.188 e. The van der Waals surface area contributed by atoms with E-state index in [9.17, 15) is 18.0 Å². The number of sulfone groups is 1. The van der Waals surface area contributed by atoms with Crippen LogP contribution < -0.4 is 0 Å². The van der Waals surface area contributed by atoms with Crippen LogP contribution in [0.3, 0.4) is 0 Å². The highest BCUT2D eigenvalue weighted by Crippen LogP contribution is 2.32. The molecule has 0 aromatic heterocycles. The number of rotatable bonds is 7. The third-order valence-corrected chi connectivity index (χ3v) is 5.83. The van der Waals surface area contributed by atoms with Gasteiger partial charge in [0.05, 0.1) is 4.90 Å². The molecule has 2 rings (SSSR count). The van der Waals surface area contributed by atoms with Crippen molar-refractivity contribution in [2.75, 3.05) is 0 Å². The fourth-order valence-corrected chi connectivity index (χ4v) is 3.96. The molecule has 1 aliphatic carbocycles. The van der Waals surface area contributed by atoms with E-state index >= 15 is 0 Å². The van der Waals surface area contributed by atoms with E-state index in [1.54, 1.807) is 18.2 Å². The summed E-state index contributed by atoms with van der Waals surface area (Å²) < 4.78 is 24.9. The van der Waals surface area contributed by atoms with Crippen LogP contribution in [0.4, 0.5) is 0 Å². The summed E-state index contributed by atoms with van der Waals surface area (Å²) in [6.45, 7) is 1.27. The zero-order valence-corrected chi connectivity index (χ0v) is 12.2. The molecule has 0 radical (unpaired) electrons. The van der Waals surface area contributed by atoms with E-state index in [0.717, 1.165) is 12.8 Å². The van der Waals surface area contributed by atoms with Gasteiger partial charge in [0.2, 0.25) is 0 Å². The first-order valence-electron chi connectivity index (χ1n) is 6.75. The van der Waals surface area contributed by atoms with Crippen molar-refractivity contribution in [2.24, 2.45) is 5.92 Å². The molecule has 1 fully saturated rings. The summed E-state index contributed by atoms with van der Waals surface area (Å²) in [4.78, 5) is 23.5. The highest BCUT2D eigenvalue weighted by atomic mass is 32.2. The van der Waals surface area contributed by atoms with Gasteiger partial charge in [0.15, 0.2) is 9.84 Å². The van der Waals surface area contributed by atoms with Gasteiger partial charge in [-0.1, -0.05) is 18.2 Å². The Hall–Kier alpha value is -1.49. The third-order valence-electron chi connectivity index (χ3n) is 3.59. The normalized spacial score (nSPS) is 16.6. The molecule has 0 saturated heterocycles. The Labute approximate surface area is 119 Å². The first-order chi connectivity index (χ1) is 9.43. The van der Waals surface area contributed by atoms with Crippen molar-refractivity contribution in [1.82, 2.24) is 0 Å². The molecule has 1 saturated carbocycles. The molecule has 0 amide bonds. The largest absolute Gasteiger partial charge is 0.299 e. The molecule has 0 aliphatic heterocycles. The summed E-state index contributed by atoms with van der Waals surface area (Å²) >= 11 is 0. The molecule has 1 aromatic rings. The fraction of sp³-hybridized carbons (Fsp3) is 0.467. The molecule has 4 nitrogen and oxygen atoms in total. The quantitative estimate of drug-likeness (QED) is 0.773. The molecule has 5 heteroatoms. The fourth-order valence-electron chi connectivity index (χ4n) is 2.23. The maximum atomic E-state index is 12.4. The predicted octanol–water partition coefficient (Wildman–Crippen LogP) is 2.18. The van der Waals surface area contributed by atoms with Crippen molar-refractivity contribution in [2.45, 2.75) is 42.8 Å². The minimum Gasteiger partial charge on any atom is -0.299 e. The maximum Gasteiger partial charge on any atom is 0.188 e. The van der Waals surface area contributed by atoms with Crippen molar-refractivity contribution in [1.29, 1.82) is 0 Å². The summed E-state index contributed by atoms with van der Waals surface area (Å²) in [6.07, 6.45) is 2.05. The topological polar surface area (TPSA) is 68.3 Å². The number of carbonyl (C=O) groups excluding carboxylic acids is 2. The highest BCUT2D eigenvalue weighted by molar-refractivity contribution is 7.92. The highest BCUT2D eigenvalue weighted by Gasteiger charge is 2.34. The monoisotopic (exact) mass is 294 g/mol. The molecule has 0 N–H and O–H groups in total. The van der Waals surface area contributed by atoms with Gasteiger partial charge in [-0.3, -0.25) is 9.59 Å². The van der Waals surface area contributed by atoms with Crippen molar-refractivity contribution in [3.05, 3.63) is 30.3 Å². The Morgan fingerprint density at radius 3 is 2.30 bits per heavy atom. The third kappa shape index (κ3) is 3.33. The minimum absolute atomic E-state index is 0.0829. The molecular weight excluding hydrogens is 276 g/mol. The van der Waals surface area contributed by atoms with Gasteiger partial charge in [-0.05, 0) is 38.3 Å². The number of benzene rings is 1. The second kappa shape index (κ2) is 5.87. The number of Topliss-reactive ketones (excluding diaryl/α,β-unsaturated/α-hetero) is 2. The van der Waals surface area contributed by atoms with Crippen molar-refractivity contribution in [3.63, 3.8) is 0 Å². The maximum absolute atomic E-state index is 12.4. The van der Waals surface area contributed by atoms with E-state index in [-0.39, 0.29) is 29.4 Å². The van der Waals surface area contributed by atoms with E-state index in [4.69, 9.17) is 0 Å². The van der Waals surface area contributed by atoms with E-state index < -0.39 is 20.9 Å². The van der Waals surface area contributed by atoms with E-state index in [2.05, 4.69) is 0 Å². The van der Waals surface area contributed by atoms with Crippen molar-refractivity contribution in [3.8, 4) is 0 Å². The van der Waals surface area contributed by atoms with Gasteiger partial charge < -0.3 is 0 Å². The van der Waals surface area contributed by atoms with Crippen LogP contribution in [0.25, 0.3) is 0 Å². The van der Waals surface area contributed by atoms with Crippen LogP contribution in [0.2, 0.25) is 0 Å². The molecule has 1 aromatic carbocycles. The molecular formula is C15H18O4S. The number of hydrogen-bond acceptors (Lipinski definition) is 4. The first-order valence-corrected chi connectivity index (χ1v) is 8.29. The van der Waals surface area contributed by atoms with Gasteiger partial charge in [-0.2, -0.15) is 0 Å².